The quantitative estimate of drug-likeness (QED) is 0.873. The van der Waals surface area contributed by atoms with E-state index in [4.69, 9.17) is 9.47 Å². The third kappa shape index (κ3) is 4.33. The average Bonchev–Trinajstić information content (AvgIpc) is 2.52. The van der Waals surface area contributed by atoms with Gasteiger partial charge in [0, 0.05) is 23.9 Å². The Morgan fingerprint density at radius 2 is 1.91 bits per heavy atom. The van der Waals surface area contributed by atoms with Crippen LogP contribution in [0.5, 0.6) is 5.75 Å². The molecule has 122 valence electrons. The minimum absolute atomic E-state index is 0.141. The summed E-state index contributed by atoms with van der Waals surface area (Å²) in [4.78, 5) is 12.5. The molecule has 0 aromatic heterocycles. The number of carbonyl (C=O) groups is 1. The van der Waals surface area contributed by atoms with Crippen molar-refractivity contribution in [3.8, 4) is 5.75 Å². The molecule has 2 aromatic carbocycles. The maximum Gasteiger partial charge on any atom is 0.255 e. The highest BCUT2D eigenvalue weighted by atomic mass is 16.5. The highest BCUT2D eigenvalue weighted by Crippen LogP contribution is 2.23. The molecule has 0 unspecified atom stereocenters. The van der Waals surface area contributed by atoms with Crippen LogP contribution in [-0.4, -0.2) is 19.6 Å². The predicted octanol–water partition coefficient (Wildman–Crippen LogP) is 4.10. The van der Waals surface area contributed by atoms with Gasteiger partial charge in [-0.05, 0) is 50.6 Å². The third-order valence-corrected chi connectivity index (χ3v) is 3.55. The lowest BCUT2D eigenvalue weighted by molar-refractivity contribution is 0.102. The lowest BCUT2D eigenvalue weighted by Gasteiger charge is -2.13. The van der Waals surface area contributed by atoms with E-state index in [0.29, 0.717) is 18.8 Å². The minimum Gasteiger partial charge on any atom is -0.494 e. The Bertz CT molecular complexity index is 695. The molecule has 1 N–H and O–H groups in total. The van der Waals surface area contributed by atoms with Crippen molar-refractivity contribution in [3.63, 3.8) is 0 Å². The van der Waals surface area contributed by atoms with Crippen molar-refractivity contribution in [2.75, 3.05) is 19.0 Å². The second-order valence-electron chi connectivity index (χ2n) is 5.46. The first-order valence-electron chi connectivity index (χ1n) is 7.68. The largest absolute Gasteiger partial charge is 0.494 e. The summed E-state index contributed by atoms with van der Waals surface area (Å²) >= 11 is 0. The van der Waals surface area contributed by atoms with Crippen LogP contribution in [0.15, 0.2) is 36.4 Å². The topological polar surface area (TPSA) is 47.6 Å². The molecule has 0 spiro atoms. The van der Waals surface area contributed by atoms with E-state index < -0.39 is 0 Å². The Labute approximate surface area is 137 Å². The van der Waals surface area contributed by atoms with Gasteiger partial charge in [0.15, 0.2) is 0 Å². The molecule has 0 bridgehead atoms. The molecular formula is C19H23NO3. The summed E-state index contributed by atoms with van der Waals surface area (Å²) in [7, 11) is 1.62. The molecule has 0 aliphatic carbocycles. The average molecular weight is 313 g/mol. The summed E-state index contributed by atoms with van der Waals surface area (Å²) in [5.74, 6) is 0.606. The number of anilines is 1. The standard InChI is InChI=1S/C19H23NO3/c1-5-23-18-9-7-15(11-16(18)12-22-4)19(21)20-17-8-6-13(2)10-14(17)3/h6-11H,5,12H2,1-4H3,(H,20,21). The Morgan fingerprint density at radius 1 is 1.13 bits per heavy atom. The maximum atomic E-state index is 12.5. The van der Waals surface area contributed by atoms with E-state index in [9.17, 15) is 4.79 Å². The first-order chi connectivity index (χ1) is 11.0. The molecule has 0 aliphatic rings. The van der Waals surface area contributed by atoms with Gasteiger partial charge in [-0.25, -0.2) is 0 Å². The van der Waals surface area contributed by atoms with E-state index in [-0.39, 0.29) is 5.91 Å². The van der Waals surface area contributed by atoms with Gasteiger partial charge in [0.2, 0.25) is 0 Å². The van der Waals surface area contributed by atoms with E-state index in [2.05, 4.69) is 5.32 Å². The lowest BCUT2D eigenvalue weighted by atomic mass is 10.1. The van der Waals surface area contributed by atoms with Gasteiger partial charge in [0.25, 0.3) is 5.91 Å². The molecule has 0 atom stereocenters. The van der Waals surface area contributed by atoms with Crippen molar-refractivity contribution in [1.82, 2.24) is 0 Å². The number of aryl methyl sites for hydroxylation is 2. The van der Waals surface area contributed by atoms with Gasteiger partial charge < -0.3 is 14.8 Å². The van der Waals surface area contributed by atoms with Crippen molar-refractivity contribution in [1.29, 1.82) is 0 Å². The van der Waals surface area contributed by atoms with Crippen molar-refractivity contribution in [2.45, 2.75) is 27.4 Å². The van der Waals surface area contributed by atoms with Crippen LogP contribution >= 0.6 is 0 Å². The summed E-state index contributed by atoms with van der Waals surface area (Å²) in [5.41, 5.74) is 4.48. The Kier molecular flexibility index (Phi) is 5.77. The van der Waals surface area contributed by atoms with E-state index in [1.807, 2.05) is 51.1 Å². The Hall–Kier alpha value is -2.33. The summed E-state index contributed by atoms with van der Waals surface area (Å²) < 4.78 is 10.8. The van der Waals surface area contributed by atoms with Crippen LogP contribution in [-0.2, 0) is 11.3 Å². The van der Waals surface area contributed by atoms with Crippen molar-refractivity contribution in [2.24, 2.45) is 0 Å². The van der Waals surface area contributed by atoms with Crippen LogP contribution in [0.25, 0.3) is 0 Å². The lowest BCUT2D eigenvalue weighted by Crippen LogP contribution is -2.13. The first-order valence-corrected chi connectivity index (χ1v) is 7.68. The molecule has 0 aliphatic heterocycles. The van der Waals surface area contributed by atoms with Crippen LogP contribution in [0, 0.1) is 13.8 Å². The summed E-state index contributed by atoms with van der Waals surface area (Å²) in [6.07, 6.45) is 0. The SMILES string of the molecule is CCOc1ccc(C(=O)Nc2ccc(C)cc2C)cc1COC. The number of amides is 1. The molecular weight excluding hydrogens is 290 g/mol. The van der Waals surface area contributed by atoms with E-state index >= 15 is 0 Å². The molecule has 0 saturated carbocycles. The van der Waals surface area contributed by atoms with Crippen LogP contribution in [0.1, 0.15) is 34.0 Å². The third-order valence-electron chi connectivity index (χ3n) is 3.55. The van der Waals surface area contributed by atoms with Crippen LogP contribution in [0.2, 0.25) is 0 Å². The van der Waals surface area contributed by atoms with Gasteiger partial charge in [-0.15, -0.1) is 0 Å². The molecule has 0 saturated heterocycles. The van der Waals surface area contributed by atoms with Gasteiger partial charge in [0.1, 0.15) is 5.75 Å². The molecule has 23 heavy (non-hydrogen) atoms. The van der Waals surface area contributed by atoms with Crippen LogP contribution in [0.3, 0.4) is 0 Å². The molecule has 0 radical (unpaired) electrons. The van der Waals surface area contributed by atoms with Gasteiger partial charge >= 0.3 is 0 Å². The number of hydrogen-bond donors (Lipinski definition) is 1. The molecule has 4 nitrogen and oxygen atoms in total. The molecule has 1 amide bonds. The highest BCUT2D eigenvalue weighted by Gasteiger charge is 2.12. The highest BCUT2D eigenvalue weighted by molar-refractivity contribution is 6.04. The maximum absolute atomic E-state index is 12.5. The zero-order chi connectivity index (χ0) is 16.8. The van der Waals surface area contributed by atoms with Crippen molar-refractivity contribution < 1.29 is 14.3 Å². The summed E-state index contributed by atoms with van der Waals surface area (Å²) in [6.45, 7) is 6.92. The molecule has 0 heterocycles. The zero-order valence-electron chi connectivity index (χ0n) is 14.1. The number of benzene rings is 2. The number of methoxy groups -OCH3 is 1. The van der Waals surface area contributed by atoms with Crippen LogP contribution < -0.4 is 10.1 Å². The fourth-order valence-electron chi connectivity index (χ4n) is 2.43. The van der Waals surface area contributed by atoms with E-state index in [1.54, 1.807) is 13.2 Å². The van der Waals surface area contributed by atoms with Gasteiger partial charge in [-0.1, -0.05) is 17.7 Å². The Morgan fingerprint density at radius 3 is 2.57 bits per heavy atom. The van der Waals surface area contributed by atoms with Gasteiger partial charge in [-0.2, -0.15) is 0 Å². The molecule has 2 aromatic rings. The molecule has 2 rings (SSSR count). The Balaban J connectivity index is 2.23. The number of ether oxygens (including phenoxy) is 2. The van der Waals surface area contributed by atoms with Gasteiger partial charge in [-0.3, -0.25) is 4.79 Å². The monoisotopic (exact) mass is 313 g/mol. The first kappa shape index (κ1) is 17.0. The van der Waals surface area contributed by atoms with Crippen molar-refractivity contribution >= 4 is 11.6 Å². The fraction of sp³-hybridized carbons (Fsp3) is 0.316. The second kappa shape index (κ2) is 7.79. The minimum atomic E-state index is -0.141. The second-order valence-corrected chi connectivity index (χ2v) is 5.46. The van der Waals surface area contributed by atoms with E-state index in [1.165, 1.54) is 5.56 Å². The number of rotatable bonds is 6. The van der Waals surface area contributed by atoms with Crippen LogP contribution in [0.4, 0.5) is 5.69 Å². The summed E-state index contributed by atoms with van der Waals surface area (Å²) in [6, 6.07) is 11.3. The summed E-state index contributed by atoms with van der Waals surface area (Å²) in [5, 5.41) is 2.95. The predicted molar refractivity (Wildman–Crippen MR) is 92.2 cm³/mol. The smallest absolute Gasteiger partial charge is 0.255 e. The number of nitrogens with one attached hydrogen (secondary N) is 1. The van der Waals surface area contributed by atoms with Gasteiger partial charge in [0.05, 0.1) is 13.2 Å². The van der Waals surface area contributed by atoms with E-state index in [0.717, 1.165) is 22.6 Å². The van der Waals surface area contributed by atoms with Crippen molar-refractivity contribution in [3.05, 3.63) is 58.7 Å². The number of carbonyl (C=O) groups excluding carboxylic acids is 1. The molecule has 4 heteroatoms. The number of hydrogen-bond acceptors (Lipinski definition) is 3. The normalized spacial score (nSPS) is 10.4. The fourth-order valence-corrected chi connectivity index (χ4v) is 2.43. The zero-order valence-corrected chi connectivity index (χ0v) is 14.1. The molecule has 0 fully saturated rings.